The molecule has 0 aliphatic carbocycles. The summed E-state index contributed by atoms with van der Waals surface area (Å²) in [6.45, 7) is 0. The molecule has 72 valence electrons. The Balaban J connectivity index is 5.26. The zero-order valence-electron chi connectivity index (χ0n) is 5.66. The van der Waals surface area contributed by atoms with Gasteiger partial charge in [0, 0.05) is 0 Å². The molecule has 0 atom stereocenters. The summed E-state index contributed by atoms with van der Waals surface area (Å²) in [4.78, 5) is 0. The third kappa shape index (κ3) is 1.52. The highest BCUT2D eigenvalue weighted by atomic mass is 19.3. The van der Waals surface area contributed by atoms with Gasteiger partial charge in [-0.25, -0.2) is 0 Å². The first kappa shape index (κ1) is 11.6. The predicted molar refractivity (Wildman–Crippen MR) is 26.1 cm³/mol. The van der Waals surface area contributed by atoms with Crippen LogP contribution in [0.15, 0.2) is 0 Å². The summed E-state index contributed by atoms with van der Waals surface area (Å²) in [6, 6.07) is -0.585. The molecule has 8 heteroatoms. The first-order valence-electron chi connectivity index (χ1n) is 2.58. The summed E-state index contributed by atoms with van der Waals surface area (Å²) in [5, 5.41) is 14.9. The second kappa shape index (κ2) is 2.80. The van der Waals surface area contributed by atoms with E-state index >= 15 is 0 Å². The van der Waals surface area contributed by atoms with Gasteiger partial charge < -0.3 is 0 Å². The monoisotopic (exact) mass is 202 g/mol. The lowest BCUT2D eigenvalue weighted by atomic mass is 10.1. The lowest BCUT2D eigenvalue weighted by Crippen LogP contribution is -2.52. The second-order valence-corrected chi connectivity index (χ2v) is 1.95. The molecule has 0 radical (unpaired) electrons. The van der Waals surface area contributed by atoms with Crippen molar-refractivity contribution in [3.05, 3.63) is 0 Å². The van der Waals surface area contributed by atoms with Crippen molar-refractivity contribution in [1.82, 2.24) is 0 Å². The van der Waals surface area contributed by atoms with Crippen molar-refractivity contribution in [2.24, 2.45) is 0 Å². The zero-order chi connectivity index (χ0) is 10.9. The molecule has 0 N–H and O–H groups in total. The Labute approximate surface area is 68.0 Å². The van der Waals surface area contributed by atoms with Crippen LogP contribution in [0.5, 0.6) is 0 Å². The Morgan fingerprint density at radius 3 is 1.08 bits per heavy atom. The first-order valence-corrected chi connectivity index (χ1v) is 2.58. The van der Waals surface area contributed by atoms with E-state index in [4.69, 9.17) is 10.5 Å². The molecule has 2 nitrogen and oxygen atoms in total. The molecule has 0 saturated carbocycles. The van der Waals surface area contributed by atoms with Crippen LogP contribution in [-0.2, 0) is 0 Å². The van der Waals surface area contributed by atoms with E-state index < -0.39 is 17.8 Å². The summed E-state index contributed by atoms with van der Waals surface area (Å²) in [6.07, 6.45) is 0. The van der Waals surface area contributed by atoms with Gasteiger partial charge >= 0.3 is 17.8 Å². The van der Waals surface area contributed by atoms with Crippen molar-refractivity contribution in [3.8, 4) is 12.1 Å². The maximum atomic E-state index is 12.0. The van der Waals surface area contributed by atoms with Gasteiger partial charge in [0.2, 0.25) is 0 Å². The van der Waals surface area contributed by atoms with Gasteiger partial charge in [0.25, 0.3) is 0 Å². The Morgan fingerprint density at radius 1 is 0.692 bits per heavy atom. The zero-order valence-corrected chi connectivity index (χ0v) is 5.66. The van der Waals surface area contributed by atoms with Crippen molar-refractivity contribution >= 4 is 0 Å². The summed E-state index contributed by atoms with van der Waals surface area (Å²) in [7, 11) is 0. The predicted octanol–water partition coefficient (Wildman–Crippen LogP) is 1.94. The minimum absolute atomic E-state index is 0.292. The molecule has 0 saturated heterocycles. The van der Waals surface area contributed by atoms with Crippen molar-refractivity contribution in [1.29, 1.82) is 10.5 Å². The summed E-state index contributed by atoms with van der Waals surface area (Å²) >= 11 is 0. The minimum Gasteiger partial charge on any atom is -0.191 e. The number of nitrogens with zero attached hydrogens (tertiary/aromatic N) is 2. The average molecular weight is 202 g/mol. The van der Waals surface area contributed by atoms with Gasteiger partial charge in [0.05, 0.1) is 0 Å². The van der Waals surface area contributed by atoms with Crippen molar-refractivity contribution in [2.45, 2.75) is 17.8 Å². The third-order valence-electron chi connectivity index (χ3n) is 1.07. The van der Waals surface area contributed by atoms with Crippen LogP contribution in [0.3, 0.4) is 0 Å². The Morgan fingerprint density at radius 2 is 0.923 bits per heavy atom. The normalized spacial score (nSPS) is 13.2. The van der Waals surface area contributed by atoms with Crippen LogP contribution < -0.4 is 0 Å². The SMILES string of the molecule is N#CC(F)(F)C(F)(F)C(F)(F)C#N. The molecule has 0 bridgehead atoms. The van der Waals surface area contributed by atoms with Gasteiger partial charge in [-0.1, -0.05) is 0 Å². The molecule has 0 unspecified atom stereocenters. The van der Waals surface area contributed by atoms with E-state index in [-0.39, 0.29) is 12.1 Å². The number of nitriles is 2. The summed E-state index contributed by atoms with van der Waals surface area (Å²) in [5.41, 5.74) is 0. The largest absolute Gasteiger partial charge is 0.401 e. The van der Waals surface area contributed by atoms with E-state index in [0.717, 1.165) is 0 Å². The average Bonchev–Trinajstić information content (AvgIpc) is 2.03. The highest BCUT2D eigenvalue weighted by Gasteiger charge is 2.73. The molecule has 0 spiro atoms. The Hall–Kier alpha value is -1.44. The van der Waals surface area contributed by atoms with E-state index in [1.54, 1.807) is 0 Å². The van der Waals surface area contributed by atoms with E-state index in [0.29, 0.717) is 0 Å². The van der Waals surface area contributed by atoms with Gasteiger partial charge in [-0.15, -0.1) is 0 Å². The van der Waals surface area contributed by atoms with Crippen LogP contribution in [0, 0.1) is 22.7 Å². The van der Waals surface area contributed by atoms with E-state index in [2.05, 4.69) is 0 Å². The smallest absolute Gasteiger partial charge is 0.191 e. The van der Waals surface area contributed by atoms with Crippen LogP contribution in [0.2, 0.25) is 0 Å². The quantitative estimate of drug-likeness (QED) is 0.642. The Bertz CT molecular complexity index is 254. The van der Waals surface area contributed by atoms with Crippen LogP contribution in [0.4, 0.5) is 26.3 Å². The standard InChI is InChI=1S/C5F6N2/c6-3(7,1-12)5(10,11)4(8,9)2-13. The summed E-state index contributed by atoms with van der Waals surface area (Å²) < 4.78 is 71.6. The molecule has 0 aliphatic heterocycles. The maximum absolute atomic E-state index is 12.0. The van der Waals surface area contributed by atoms with E-state index in [9.17, 15) is 26.3 Å². The van der Waals surface area contributed by atoms with Crippen molar-refractivity contribution in [3.63, 3.8) is 0 Å². The van der Waals surface area contributed by atoms with Crippen LogP contribution in [0.1, 0.15) is 0 Å². The lowest BCUT2D eigenvalue weighted by Gasteiger charge is -2.23. The summed E-state index contributed by atoms with van der Waals surface area (Å²) in [5.74, 6) is -17.2. The molecule has 0 fully saturated rings. The van der Waals surface area contributed by atoms with Gasteiger partial charge in [0.1, 0.15) is 12.1 Å². The maximum Gasteiger partial charge on any atom is 0.401 e. The fraction of sp³-hybridized carbons (Fsp3) is 0.600. The molecule has 0 rings (SSSR count). The van der Waals surface area contributed by atoms with E-state index in [1.165, 1.54) is 0 Å². The second-order valence-electron chi connectivity index (χ2n) is 1.95. The number of hydrogen-bond donors (Lipinski definition) is 0. The number of halogens is 6. The van der Waals surface area contributed by atoms with Gasteiger partial charge in [-0.2, -0.15) is 36.9 Å². The fourth-order valence-corrected chi connectivity index (χ4v) is 0.338. The highest BCUT2D eigenvalue weighted by Crippen LogP contribution is 2.44. The van der Waals surface area contributed by atoms with Crippen molar-refractivity contribution in [2.75, 3.05) is 0 Å². The number of rotatable bonds is 2. The molecule has 0 aromatic carbocycles. The Kier molecular flexibility index (Phi) is 2.49. The lowest BCUT2D eigenvalue weighted by molar-refractivity contribution is -0.267. The minimum atomic E-state index is -6.00. The molecule has 0 amide bonds. The molecule has 13 heavy (non-hydrogen) atoms. The van der Waals surface area contributed by atoms with E-state index in [1.807, 2.05) is 0 Å². The molecule has 0 aliphatic rings. The first-order chi connectivity index (χ1) is 5.62. The molecule has 0 aromatic rings. The van der Waals surface area contributed by atoms with Crippen molar-refractivity contribution < 1.29 is 26.3 Å². The van der Waals surface area contributed by atoms with Crippen LogP contribution in [0.25, 0.3) is 0 Å². The van der Waals surface area contributed by atoms with Gasteiger partial charge in [0.15, 0.2) is 0 Å². The molecular formula is C5F6N2. The van der Waals surface area contributed by atoms with Gasteiger partial charge in [-0.05, 0) is 0 Å². The third-order valence-corrected chi connectivity index (χ3v) is 1.07. The number of alkyl halides is 6. The van der Waals surface area contributed by atoms with Crippen LogP contribution >= 0.6 is 0 Å². The molecular weight excluding hydrogens is 202 g/mol. The fourth-order valence-electron chi connectivity index (χ4n) is 0.338. The number of hydrogen-bond acceptors (Lipinski definition) is 2. The van der Waals surface area contributed by atoms with Crippen LogP contribution in [-0.4, -0.2) is 17.8 Å². The highest BCUT2D eigenvalue weighted by molar-refractivity contribution is 5.14. The van der Waals surface area contributed by atoms with Gasteiger partial charge in [-0.3, -0.25) is 0 Å². The molecule has 0 heterocycles. The molecule has 0 aromatic heterocycles. The topological polar surface area (TPSA) is 47.6 Å².